The number of nitrogens with one attached hydrogen (secondary N) is 1. The van der Waals surface area contributed by atoms with Crippen LogP contribution in [0.3, 0.4) is 0 Å². The zero-order valence-electron chi connectivity index (χ0n) is 39.3. The number of aliphatic hydroxyl groups is 2. The molecule has 0 heterocycles. The van der Waals surface area contributed by atoms with E-state index in [0.717, 1.165) is 64.2 Å². The predicted octanol–water partition coefficient (Wildman–Crippen LogP) is 16.6. The summed E-state index contributed by atoms with van der Waals surface area (Å²) >= 11 is 0. The molecule has 4 heteroatoms. The van der Waals surface area contributed by atoms with Crippen molar-refractivity contribution in [3.05, 3.63) is 72.9 Å². The number of carbonyl (C=O) groups is 1. The second kappa shape index (κ2) is 50.2. The molecule has 1 amide bonds. The Morgan fingerprint density at radius 2 is 0.712 bits per heavy atom. The van der Waals surface area contributed by atoms with Gasteiger partial charge in [0.25, 0.3) is 0 Å². The third-order valence-electron chi connectivity index (χ3n) is 11.4. The number of hydrogen-bond donors (Lipinski definition) is 3. The number of allylic oxidation sites excluding steroid dienone is 11. The van der Waals surface area contributed by atoms with Crippen molar-refractivity contribution in [3.8, 4) is 0 Å². The standard InChI is InChI=1S/C55H99NO3/c1-3-5-7-9-11-13-15-17-19-21-23-25-26-27-28-29-31-32-34-36-38-40-42-44-46-48-50-54(58)53(52-57)56-55(59)51-49-47-45-43-41-39-37-35-33-30-24-22-20-18-16-14-12-10-8-6-4-2/h16,18,22,24,32-35,40,42,48,50,53-54,57-58H,3-15,17,19-21,23,25-31,36-39,41,43-47,49,51-52H2,1-2H3,(H,56,59)/b18-16-,24-22-,34-32+,35-33-,42-40+,50-48+. The number of amides is 1. The Balaban J connectivity index is 3.64. The first kappa shape index (κ1) is 56.8. The van der Waals surface area contributed by atoms with Gasteiger partial charge in [-0.25, -0.2) is 0 Å². The van der Waals surface area contributed by atoms with Crippen LogP contribution in [0, 0.1) is 0 Å². The lowest BCUT2D eigenvalue weighted by Gasteiger charge is -2.19. The van der Waals surface area contributed by atoms with E-state index in [1.54, 1.807) is 6.08 Å². The van der Waals surface area contributed by atoms with E-state index in [1.807, 2.05) is 6.08 Å². The molecule has 0 aromatic heterocycles. The van der Waals surface area contributed by atoms with Crippen molar-refractivity contribution in [1.82, 2.24) is 5.32 Å². The molecular formula is C55H99NO3. The Hall–Kier alpha value is -2.17. The van der Waals surface area contributed by atoms with E-state index in [4.69, 9.17) is 0 Å². The highest BCUT2D eigenvalue weighted by Crippen LogP contribution is 2.15. The van der Waals surface area contributed by atoms with Crippen LogP contribution >= 0.6 is 0 Å². The molecule has 0 aromatic rings. The monoisotopic (exact) mass is 822 g/mol. The lowest BCUT2D eigenvalue weighted by molar-refractivity contribution is -0.123. The van der Waals surface area contributed by atoms with Crippen LogP contribution in [0.1, 0.15) is 251 Å². The summed E-state index contributed by atoms with van der Waals surface area (Å²) in [7, 11) is 0. The highest BCUT2D eigenvalue weighted by Gasteiger charge is 2.17. The van der Waals surface area contributed by atoms with E-state index in [1.165, 1.54) is 167 Å². The molecule has 0 radical (unpaired) electrons. The Bertz CT molecular complexity index is 1020. The van der Waals surface area contributed by atoms with E-state index in [0.29, 0.717) is 6.42 Å². The summed E-state index contributed by atoms with van der Waals surface area (Å²) in [5.41, 5.74) is 0. The van der Waals surface area contributed by atoms with E-state index in [9.17, 15) is 15.0 Å². The first-order valence-electron chi connectivity index (χ1n) is 25.7. The minimum Gasteiger partial charge on any atom is -0.394 e. The van der Waals surface area contributed by atoms with E-state index >= 15 is 0 Å². The normalized spacial score (nSPS) is 13.5. The quantitative estimate of drug-likeness (QED) is 0.0423. The summed E-state index contributed by atoms with van der Waals surface area (Å²) in [5.74, 6) is -0.0912. The molecule has 4 nitrogen and oxygen atoms in total. The second-order valence-corrected chi connectivity index (χ2v) is 17.2. The molecule has 0 spiro atoms. The topological polar surface area (TPSA) is 69.6 Å². The maximum Gasteiger partial charge on any atom is 0.220 e. The third-order valence-corrected chi connectivity index (χ3v) is 11.4. The maximum absolute atomic E-state index is 12.4. The second-order valence-electron chi connectivity index (χ2n) is 17.2. The smallest absolute Gasteiger partial charge is 0.220 e. The highest BCUT2D eigenvalue weighted by atomic mass is 16.3. The molecule has 0 saturated heterocycles. The van der Waals surface area contributed by atoms with E-state index in [2.05, 4.69) is 79.9 Å². The highest BCUT2D eigenvalue weighted by molar-refractivity contribution is 5.76. The summed E-state index contributed by atoms with van der Waals surface area (Å²) in [6, 6.07) is -0.657. The van der Waals surface area contributed by atoms with Gasteiger partial charge in [0.15, 0.2) is 0 Å². The first-order valence-corrected chi connectivity index (χ1v) is 25.7. The molecule has 0 fully saturated rings. The number of aliphatic hydroxyl groups excluding tert-OH is 2. The predicted molar refractivity (Wildman–Crippen MR) is 262 cm³/mol. The van der Waals surface area contributed by atoms with Gasteiger partial charge in [-0.3, -0.25) is 4.79 Å². The van der Waals surface area contributed by atoms with Gasteiger partial charge in [0.2, 0.25) is 5.91 Å². The zero-order chi connectivity index (χ0) is 42.8. The van der Waals surface area contributed by atoms with Gasteiger partial charge < -0.3 is 15.5 Å². The molecule has 0 aliphatic carbocycles. The molecule has 0 rings (SSSR count). The molecule has 2 unspecified atom stereocenters. The summed E-state index contributed by atoms with van der Waals surface area (Å²) in [5, 5.41) is 23.1. The lowest BCUT2D eigenvalue weighted by Crippen LogP contribution is -2.45. The fourth-order valence-electron chi connectivity index (χ4n) is 7.45. The number of rotatable bonds is 46. The molecule has 3 N–H and O–H groups in total. The lowest BCUT2D eigenvalue weighted by atomic mass is 10.0. The average Bonchev–Trinajstić information content (AvgIpc) is 3.24. The molecule has 0 aliphatic rings. The summed E-state index contributed by atoms with van der Waals surface area (Å²) < 4.78 is 0. The average molecular weight is 822 g/mol. The molecular weight excluding hydrogens is 723 g/mol. The van der Waals surface area contributed by atoms with Gasteiger partial charge in [0, 0.05) is 6.42 Å². The van der Waals surface area contributed by atoms with Crippen molar-refractivity contribution in [2.75, 3.05) is 6.61 Å². The third kappa shape index (κ3) is 46.7. The van der Waals surface area contributed by atoms with Gasteiger partial charge >= 0.3 is 0 Å². The van der Waals surface area contributed by atoms with Crippen molar-refractivity contribution in [1.29, 1.82) is 0 Å². The fraction of sp³-hybridized carbons (Fsp3) is 0.764. The summed E-state index contributed by atoms with van der Waals surface area (Å²) in [6.45, 7) is 4.29. The van der Waals surface area contributed by atoms with Gasteiger partial charge in [-0.1, -0.05) is 234 Å². The van der Waals surface area contributed by atoms with Crippen molar-refractivity contribution in [2.45, 2.75) is 264 Å². The molecule has 0 bridgehead atoms. The number of hydrogen-bond acceptors (Lipinski definition) is 3. The van der Waals surface area contributed by atoms with Crippen LogP contribution in [-0.4, -0.2) is 34.9 Å². The molecule has 59 heavy (non-hydrogen) atoms. The Labute approximate surface area is 368 Å². The molecule has 0 aromatic carbocycles. The van der Waals surface area contributed by atoms with Gasteiger partial charge in [0.05, 0.1) is 18.8 Å². The van der Waals surface area contributed by atoms with Crippen molar-refractivity contribution in [2.24, 2.45) is 0 Å². The van der Waals surface area contributed by atoms with E-state index in [-0.39, 0.29) is 12.5 Å². The van der Waals surface area contributed by atoms with Crippen LogP contribution in [0.15, 0.2) is 72.9 Å². The fourth-order valence-corrected chi connectivity index (χ4v) is 7.45. The Morgan fingerprint density at radius 3 is 1.10 bits per heavy atom. The Morgan fingerprint density at radius 1 is 0.407 bits per heavy atom. The van der Waals surface area contributed by atoms with Crippen LogP contribution in [0.5, 0.6) is 0 Å². The maximum atomic E-state index is 12.4. The van der Waals surface area contributed by atoms with E-state index < -0.39 is 12.1 Å². The molecule has 342 valence electrons. The van der Waals surface area contributed by atoms with Crippen LogP contribution < -0.4 is 5.32 Å². The van der Waals surface area contributed by atoms with Crippen LogP contribution in [0.2, 0.25) is 0 Å². The van der Waals surface area contributed by atoms with Gasteiger partial charge in [-0.05, 0) is 83.5 Å². The van der Waals surface area contributed by atoms with Crippen LogP contribution in [0.4, 0.5) is 0 Å². The Kier molecular flexibility index (Phi) is 48.3. The summed E-state index contributed by atoms with van der Waals surface area (Å²) in [6.07, 6.45) is 71.8. The molecule has 2 atom stereocenters. The molecule has 0 aliphatic heterocycles. The van der Waals surface area contributed by atoms with Crippen LogP contribution in [-0.2, 0) is 4.79 Å². The van der Waals surface area contributed by atoms with Gasteiger partial charge in [-0.2, -0.15) is 0 Å². The summed E-state index contributed by atoms with van der Waals surface area (Å²) in [4.78, 5) is 12.4. The minimum absolute atomic E-state index is 0.0912. The van der Waals surface area contributed by atoms with Crippen LogP contribution in [0.25, 0.3) is 0 Å². The zero-order valence-corrected chi connectivity index (χ0v) is 39.3. The van der Waals surface area contributed by atoms with Crippen molar-refractivity contribution >= 4 is 5.91 Å². The van der Waals surface area contributed by atoms with Crippen molar-refractivity contribution < 1.29 is 15.0 Å². The van der Waals surface area contributed by atoms with Gasteiger partial charge in [-0.15, -0.1) is 0 Å². The van der Waals surface area contributed by atoms with Crippen molar-refractivity contribution in [3.63, 3.8) is 0 Å². The van der Waals surface area contributed by atoms with Gasteiger partial charge in [0.1, 0.15) is 0 Å². The number of unbranched alkanes of at least 4 members (excludes halogenated alkanes) is 29. The minimum atomic E-state index is -0.880. The number of carbonyl (C=O) groups excluding carboxylic acids is 1. The first-order chi connectivity index (χ1) is 29.2. The SMILES string of the molecule is CCCCCCC/C=C\C/C=C\C/C=C\CCCCCCCCC(=O)NC(CO)C(O)/C=C/CC/C=C/CC/C=C/CCCCCCCCCCCCCCCCCC. The largest absolute Gasteiger partial charge is 0.394 e. The molecule has 0 saturated carbocycles.